The molecule has 0 spiro atoms. The molecular weight excluding hydrogens is 369 g/mol. The summed E-state index contributed by atoms with van der Waals surface area (Å²) in [6.45, 7) is 5.60. The second-order valence-corrected chi connectivity index (χ2v) is 7.32. The summed E-state index contributed by atoms with van der Waals surface area (Å²) in [7, 11) is -6.00. The molecule has 0 saturated carbocycles. The highest BCUT2D eigenvalue weighted by atomic mass is 19.5. The Labute approximate surface area is 163 Å². The summed E-state index contributed by atoms with van der Waals surface area (Å²) in [5, 5.41) is 2.75. The van der Waals surface area contributed by atoms with E-state index in [9.17, 15) is 17.3 Å². The number of hydrogen-bond acceptors (Lipinski definition) is 1. The van der Waals surface area contributed by atoms with Crippen molar-refractivity contribution in [3.63, 3.8) is 0 Å². The van der Waals surface area contributed by atoms with E-state index >= 15 is 0 Å². The van der Waals surface area contributed by atoms with E-state index in [0.717, 1.165) is 18.8 Å². The van der Waals surface area contributed by atoms with Crippen LogP contribution in [0.4, 0.5) is 17.3 Å². The topological polar surface area (TPSA) is 13.7 Å². The zero-order chi connectivity index (χ0) is 20.1. The molecular formula is C21H26BF4NO. The van der Waals surface area contributed by atoms with Crippen LogP contribution < -0.4 is 9.64 Å². The lowest BCUT2D eigenvalue weighted by atomic mass is 9.88. The van der Waals surface area contributed by atoms with Crippen molar-refractivity contribution in [1.29, 1.82) is 0 Å². The molecule has 0 radical (unpaired) electrons. The van der Waals surface area contributed by atoms with Gasteiger partial charge in [0.15, 0.2) is 0 Å². The van der Waals surface area contributed by atoms with Gasteiger partial charge in [0, 0.05) is 18.2 Å². The molecule has 1 saturated heterocycles. The van der Waals surface area contributed by atoms with Crippen molar-refractivity contribution in [2.45, 2.75) is 38.6 Å². The highest BCUT2D eigenvalue weighted by Gasteiger charge is 2.31. The van der Waals surface area contributed by atoms with E-state index in [2.05, 4.69) is 49.4 Å². The first-order valence-electron chi connectivity index (χ1n) is 9.97. The number of unbranched alkanes of at least 4 members (excludes halogenated alkanes) is 1. The van der Waals surface area contributed by atoms with Gasteiger partial charge in [-0.1, -0.05) is 43.7 Å². The summed E-state index contributed by atoms with van der Waals surface area (Å²) in [4.78, 5) is 1.70. The van der Waals surface area contributed by atoms with Crippen molar-refractivity contribution in [2.24, 2.45) is 0 Å². The quantitative estimate of drug-likeness (QED) is 0.424. The van der Waals surface area contributed by atoms with Crippen LogP contribution in [0.5, 0.6) is 5.75 Å². The van der Waals surface area contributed by atoms with Crippen molar-refractivity contribution < 1.29 is 26.9 Å². The van der Waals surface area contributed by atoms with E-state index in [1.807, 2.05) is 0 Å². The first-order valence-corrected chi connectivity index (χ1v) is 9.97. The predicted octanol–water partition coefficient (Wildman–Crippen LogP) is 5.07. The molecule has 28 heavy (non-hydrogen) atoms. The third-order valence-corrected chi connectivity index (χ3v) is 5.30. The lowest BCUT2D eigenvalue weighted by Crippen LogP contribution is -3.10. The Morgan fingerprint density at radius 3 is 2.46 bits per heavy atom. The van der Waals surface area contributed by atoms with E-state index < -0.39 is 7.25 Å². The average Bonchev–Trinajstić information content (AvgIpc) is 3.17. The van der Waals surface area contributed by atoms with Crippen molar-refractivity contribution in [2.75, 3.05) is 19.7 Å². The summed E-state index contributed by atoms with van der Waals surface area (Å²) in [5.41, 5.74) is 2.77. The van der Waals surface area contributed by atoms with Gasteiger partial charge in [0.25, 0.3) is 0 Å². The van der Waals surface area contributed by atoms with E-state index in [1.54, 1.807) is 4.90 Å². The van der Waals surface area contributed by atoms with Gasteiger partial charge in [-0.15, -0.1) is 0 Å². The second-order valence-electron chi connectivity index (χ2n) is 7.32. The molecule has 4 rings (SSSR count). The number of ether oxygens (including phenoxy) is 1. The number of nitrogens with one attached hydrogen (secondary N) is 1. The number of benzene rings is 2. The molecule has 1 fully saturated rings. The van der Waals surface area contributed by atoms with Crippen LogP contribution in [0.25, 0.3) is 16.8 Å². The maximum Gasteiger partial charge on any atom is 0.673 e. The first kappa shape index (κ1) is 20.7. The van der Waals surface area contributed by atoms with Crippen LogP contribution in [-0.4, -0.2) is 27.0 Å². The molecule has 2 aliphatic rings. The summed E-state index contributed by atoms with van der Waals surface area (Å²) in [6, 6.07) is 11.5. The summed E-state index contributed by atoms with van der Waals surface area (Å²) < 4.78 is 45.2. The average molecular weight is 395 g/mol. The molecule has 152 valence electrons. The summed E-state index contributed by atoms with van der Waals surface area (Å²) in [5.74, 6) is 1.10. The summed E-state index contributed by atoms with van der Waals surface area (Å²) >= 11 is 0. The molecule has 2 aromatic carbocycles. The van der Waals surface area contributed by atoms with Crippen LogP contribution in [0.1, 0.15) is 49.8 Å². The zero-order valence-electron chi connectivity index (χ0n) is 16.1. The van der Waals surface area contributed by atoms with Gasteiger partial charge in [-0.3, -0.25) is 0 Å². The molecule has 1 heterocycles. The molecule has 1 aliphatic carbocycles. The van der Waals surface area contributed by atoms with Gasteiger partial charge < -0.3 is 26.9 Å². The molecule has 0 amide bonds. The minimum atomic E-state index is -6.00. The Balaban J connectivity index is 0.000000403. The van der Waals surface area contributed by atoms with Gasteiger partial charge in [-0.2, -0.15) is 0 Å². The molecule has 2 aromatic rings. The number of hydrogen-bond donors (Lipinski definition) is 1. The van der Waals surface area contributed by atoms with E-state index in [4.69, 9.17) is 4.74 Å². The van der Waals surface area contributed by atoms with Crippen LogP contribution in [0.3, 0.4) is 0 Å². The number of rotatable bonds is 5. The smallest absolute Gasteiger partial charge is 0.493 e. The largest absolute Gasteiger partial charge is 0.673 e. The molecule has 1 aliphatic heterocycles. The highest BCUT2D eigenvalue weighted by molar-refractivity contribution is 6.50. The van der Waals surface area contributed by atoms with E-state index in [0.29, 0.717) is 6.04 Å². The zero-order valence-corrected chi connectivity index (χ0v) is 16.1. The van der Waals surface area contributed by atoms with Gasteiger partial charge in [0.2, 0.25) is 0 Å². The molecule has 2 nitrogen and oxygen atoms in total. The first-order chi connectivity index (χ1) is 13.4. The Bertz CT molecular complexity index is 825. The Hall–Kier alpha value is -2.02. The standard InChI is InChI=1S/C21H25NO.BF4/c1-2-3-15-23-19-12-10-17-8-6-7-16-9-11-18(21(19)20(16)17)22-13-4-5-14-22;2-1(3,4)5/h6-12,18H,2-5,13-15H2,1H3;/q;-1/p+1. The maximum absolute atomic E-state index is 9.75. The van der Waals surface area contributed by atoms with Crippen molar-refractivity contribution in [1.82, 2.24) is 0 Å². The molecule has 1 unspecified atom stereocenters. The third kappa shape index (κ3) is 5.07. The number of quaternary nitrogens is 1. The molecule has 0 bridgehead atoms. The lowest BCUT2D eigenvalue weighted by Gasteiger charge is -2.28. The third-order valence-electron chi connectivity index (χ3n) is 5.30. The SMILES string of the molecule is CCCCOc1ccc2cccc3c2c1C([NH+]1CCCC1)C=C3.F[B-](F)(F)F. The van der Waals surface area contributed by atoms with Crippen molar-refractivity contribution in [3.05, 3.63) is 47.5 Å². The lowest BCUT2D eigenvalue weighted by molar-refractivity contribution is -0.912. The van der Waals surface area contributed by atoms with Crippen LogP contribution >= 0.6 is 0 Å². The minimum absolute atomic E-state index is 0.452. The van der Waals surface area contributed by atoms with E-state index in [-0.39, 0.29) is 0 Å². The Morgan fingerprint density at radius 1 is 1.07 bits per heavy atom. The summed E-state index contributed by atoms with van der Waals surface area (Å²) in [6.07, 6.45) is 9.73. The Kier molecular flexibility index (Phi) is 6.65. The monoisotopic (exact) mass is 395 g/mol. The van der Waals surface area contributed by atoms with Crippen molar-refractivity contribution in [3.8, 4) is 5.75 Å². The Morgan fingerprint density at radius 2 is 1.79 bits per heavy atom. The van der Waals surface area contributed by atoms with Crippen molar-refractivity contribution >= 4 is 24.1 Å². The number of likely N-dealkylation sites (tertiary alicyclic amines) is 1. The normalized spacial score (nSPS) is 18.8. The van der Waals surface area contributed by atoms with E-state index in [1.165, 1.54) is 54.3 Å². The fourth-order valence-electron chi connectivity index (χ4n) is 4.09. The fourth-order valence-corrected chi connectivity index (χ4v) is 4.09. The van der Waals surface area contributed by atoms with Gasteiger partial charge >= 0.3 is 7.25 Å². The fraction of sp³-hybridized carbons (Fsp3) is 0.429. The van der Waals surface area contributed by atoms with Crippen LogP contribution in [0.15, 0.2) is 36.4 Å². The molecule has 1 N–H and O–H groups in total. The van der Waals surface area contributed by atoms with Crippen LogP contribution in [0, 0.1) is 0 Å². The van der Waals surface area contributed by atoms with Crippen LogP contribution in [-0.2, 0) is 0 Å². The van der Waals surface area contributed by atoms with Crippen LogP contribution in [0.2, 0.25) is 0 Å². The van der Waals surface area contributed by atoms with Gasteiger partial charge in [0.05, 0.1) is 25.3 Å². The minimum Gasteiger partial charge on any atom is -0.493 e. The second kappa shape index (κ2) is 8.99. The van der Waals surface area contributed by atoms with Gasteiger partial charge in [0.1, 0.15) is 11.8 Å². The highest BCUT2D eigenvalue weighted by Crippen LogP contribution is 2.38. The maximum atomic E-state index is 9.75. The van der Waals surface area contributed by atoms with Gasteiger partial charge in [-0.05, 0) is 29.5 Å². The number of halogens is 4. The molecule has 0 aromatic heterocycles. The molecule has 1 atom stereocenters. The predicted molar refractivity (Wildman–Crippen MR) is 106 cm³/mol. The van der Waals surface area contributed by atoms with Gasteiger partial charge in [-0.25, -0.2) is 0 Å². The molecule has 7 heteroatoms.